The number of nitrogens with one attached hydrogen (secondary N) is 1. The topological polar surface area (TPSA) is 67.9 Å². The number of benzene rings is 1. The highest BCUT2D eigenvalue weighted by Crippen LogP contribution is 2.27. The molecule has 0 aliphatic heterocycles. The first-order valence-corrected chi connectivity index (χ1v) is 6.85. The van der Waals surface area contributed by atoms with Crippen LogP contribution >= 0.6 is 0 Å². The Bertz CT molecular complexity index is 498. The average Bonchev–Trinajstić information content (AvgIpc) is 2.52. The van der Waals surface area contributed by atoms with Crippen LogP contribution in [0.4, 0.5) is 0 Å². The summed E-state index contributed by atoms with van der Waals surface area (Å²) in [4.78, 5) is 25.5. The van der Waals surface area contributed by atoms with Gasteiger partial charge in [0.2, 0.25) is 5.91 Å². The number of ether oxygens (including phenoxy) is 2. The van der Waals surface area contributed by atoms with Crippen molar-refractivity contribution in [3.8, 4) is 11.5 Å². The van der Waals surface area contributed by atoms with Gasteiger partial charge in [-0.15, -0.1) is 0 Å². The molecule has 0 aliphatic carbocycles. The zero-order valence-electron chi connectivity index (χ0n) is 12.9. The number of methoxy groups -OCH3 is 2. The fourth-order valence-electron chi connectivity index (χ4n) is 1.92. The Balaban J connectivity index is 2.70. The van der Waals surface area contributed by atoms with E-state index in [4.69, 9.17) is 9.47 Å². The summed E-state index contributed by atoms with van der Waals surface area (Å²) in [6.45, 7) is 5.03. The largest absolute Gasteiger partial charge is 0.493 e. The Morgan fingerprint density at radius 3 is 2.24 bits per heavy atom. The van der Waals surface area contributed by atoms with Gasteiger partial charge in [-0.1, -0.05) is 0 Å². The van der Waals surface area contributed by atoms with Gasteiger partial charge in [-0.3, -0.25) is 9.59 Å². The first-order chi connectivity index (χ1) is 10.1. The van der Waals surface area contributed by atoms with Gasteiger partial charge in [0, 0.05) is 18.7 Å². The second kappa shape index (κ2) is 8.14. The number of nitrogens with zero attached hydrogens (tertiary/aromatic N) is 1. The highest BCUT2D eigenvalue weighted by atomic mass is 16.5. The van der Waals surface area contributed by atoms with Crippen LogP contribution in [0.5, 0.6) is 11.5 Å². The van der Waals surface area contributed by atoms with E-state index < -0.39 is 0 Å². The maximum atomic E-state index is 12.0. The molecule has 0 fully saturated rings. The van der Waals surface area contributed by atoms with E-state index in [0.29, 0.717) is 30.2 Å². The van der Waals surface area contributed by atoms with E-state index in [1.165, 1.54) is 14.2 Å². The van der Waals surface area contributed by atoms with Gasteiger partial charge >= 0.3 is 0 Å². The van der Waals surface area contributed by atoms with Crippen molar-refractivity contribution < 1.29 is 19.1 Å². The second-order valence-electron chi connectivity index (χ2n) is 4.32. The Morgan fingerprint density at radius 1 is 1.10 bits per heavy atom. The minimum absolute atomic E-state index is 0.0190. The molecule has 0 saturated carbocycles. The summed E-state index contributed by atoms with van der Waals surface area (Å²) >= 11 is 0. The molecule has 1 aromatic carbocycles. The van der Waals surface area contributed by atoms with E-state index >= 15 is 0 Å². The van der Waals surface area contributed by atoms with Crippen LogP contribution < -0.4 is 14.8 Å². The summed E-state index contributed by atoms with van der Waals surface area (Å²) in [6, 6.07) is 4.86. The average molecular weight is 294 g/mol. The first-order valence-electron chi connectivity index (χ1n) is 6.85. The summed E-state index contributed by atoms with van der Waals surface area (Å²) in [5.74, 6) is 0.596. The molecule has 0 aromatic heterocycles. The zero-order valence-corrected chi connectivity index (χ0v) is 12.9. The van der Waals surface area contributed by atoms with Crippen LogP contribution in [0, 0.1) is 0 Å². The zero-order chi connectivity index (χ0) is 15.8. The van der Waals surface area contributed by atoms with Crippen LogP contribution in [0.1, 0.15) is 24.2 Å². The van der Waals surface area contributed by atoms with Crippen LogP contribution in [0.15, 0.2) is 18.2 Å². The quantitative estimate of drug-likeness (QED) is 0.823. The molecule has 2 amide bonds. The summed E-state index contributed by atoms with van der Waals surface area (Å²) in [6.07, 6.45) is 0. The molecule has 0 atom stereocenters. The molecule has 0 spiro atoms. The summed E-state index contributed by atoms with van der Waals surface area (Å²) in [5, 5.41) is 2.61. The fraction of sp³-hybridized carbons (Fsp3) is 0.467. The molecule has 0 aliphatic rings. The summed E-state index contributed by atoms with van der Waals surface area (Å²) < 4.78 is 10.3. The second-order valence-corrected chi connectivity index (χ2v) is 4.32. The van der Waals surface area contributed by atoms with Crippen LogP contribution in [0.3, 0.4) is 0 Å². The third-order valence-corrected chi connectivity index (χ3v) is 3.16. The normalized spacial score (nSPS) is 9.90. The number of hydrogen-bond donors (Lipinski definition) is 1. The first kappa shape index (κ1) is 16.8. The lowest BCUT2D eigenvalue weighted by Crippen LogP contribution is -2.40. The van der Waals surface area contributed by atoms with Gasteiger partial charge < -0.3 is 19.7 Å². The van der Waals surface area contributed by atoms with Crippen LogP contribution in [-0.4, -0.2) is 50.6 Å². The van der Waals surface area contributed by atoms with E-state index in [1.54, 1.807) is 23.1 Å². The van der Waals surface area contributed by atoms with Crippen LogP contribution in [0.25, 0.3) is 0 Å². The molecular formula is C15H22N2O4. The van der Waals surface area contributed by atoms with Crippen molar-refractivity contribution in [3.63, 3.8) is 0 Å². The molecule has 1 N–H and O–H groups in total. The molecule has 21 heavy (non-hydrogen) atoms. The van der Waals surface area contributed by atoms with Crippen LogP contribution in [-0.2, 0) is 4.79 Å². The number of hydrogen-bond acceptors (Lipinski definition) is 4. The molecule has 1 aromatic rings. The maximum absolute atomic E-state index is 12.0. The molecule has 1 rings (SSSR count). The molecule has 0 radical (unpaired) electrons. The highest BCUT2D eigenvalue weighted by Gasteiger charge is 2.14. The predicted molar refractivity (Wildman–Crippen MR) is 79.8 cm³/mol. The van der Waals surface area contributed by atoms with Gasteiger partial charge in [0.25, 0.3) is 5.91 Å². The number of carbonyl (C=O) groups excluding carboxylic acids is 2. The SMILES string of the molecule is CCN(CC)C(=O)CNC(=O)c1ccc(OC)c(OC)c1. The van der Waals surface area contributed by atoms with Gasteiger partial charge in [-0.25, -0.2) is 0 Å². The monoisotopic (exact) mass is 294 g/mol. The molecule has 6 heteroatoms. The molecule has 0 unspecified atom stereocenters. The summed E-state index contributed by atoms with van der Waals surface area (Å²) in [5.41, 5.74) is 0.417. The van der Waals surface area contributed by atoms with E-state index in [-0.39, 0.29) is 18.4 Å². The standard InChI is InChI=1S/C15H22N2O4/c1-5-17(6-2)14(18)10-16-15(19)11-7-8-12(20-3)13(9-11)21-4/h7-9H,5-6,10H2,1-4H3,(H,16,19). The smallest absolute Gasteiger partial charge is 0.251 e. The third-order valence-electron chi connectivity index (χ3n) is 3.16. The Morgan fingerprint density at radius 2 is 1.71 bits per heavy atom. The van der Waals surface area contributed by atoms with Crippen molar-refractivity contribution in [2.75, 3.05) is 33.9 Å². The van der Waals surface area contributed by atoms with E-state index in [0.717, 1.165) is 0 Å². The van der Waals surface area contributed by atoms with Crippen molar-refractivity contribution >= 4 is 11.8 Å². The van der Waals surface area contributed by atoms with Crippen molar-refractivity contribution in [2.45, 2.75) is 13.8 Å². The minimum Gasteiger partial charge on any atom is -0.493 e. The Labute approximate surface area is 125 Å². The molecular weight excluding hydrogens is 272 g/mol. The summed E-state index contributed by atoms with van der Waals surface area (Å²) in [7, 11) is 3.03. The van der Waals surface area contributed by atoms with Gasteiger partial charge in [-0.05, 0) is 32.0 Å². The van der Waals surface area contributed by atoms with Gasteiger partial charge in [0.15, 0.2) is 11.5 Å². The number of amides is 2. The highest BCUT2D eigenvalue weighted by molar-refractivity contribution is 5.97. The Hall–Kier alpha value is -2.24. The molecule has 0 bridgehead atoms. The number of carbonyl (C=O) groups is 2. The van der Waals surface area contributed by atoms with Crippen molar-refractivity contribution in [3.05, 3.63) is 23.8 Å². The van der Waals surface area contributed by atoms with Gasteiger partial charge in [0.1, 0.15) is 0 Å². The van der Waals surface area contributed by atoms with Crippen molar-refractivity contribution in [1.82, 2.24) is 10.2 Å². The maximum Gasteiger partial charge on any atom is 0.251 e. The third kappa shape index (κ3) is 4.37. The molecule has 0 heterocycles. The fourth-order valence-corrected chi connectivity index (χ4v) is 1.92. The van der Waals surface area contributed by atoms with Crippen molar-refractivity contribution in [2.24, 2.45) is 0 Å². The van der Waals surface area contributed by atoms with Gasteiger partial charge in [0.05, 0.1) is 20.8 Å². The minimum atomic E-state index is -0.323. The van der Waals surface area contributed by atoms with Gasteiger partial charge in [-0.2, -0.15) is 0 Å². The van der Waals surface area contributed by atoms with Crippen molar-refractivity contribution in [1.29, 1.82) is 0 Å². The molecule has 0 saturated heterocycles. The predicted octanol–water partition coefficient (Wildman–Crippen LogP) is 1.30. The number of likely N-dealkylation sites (N-methyl/N-ethyl adjacent to an activating group) is 1. The number of rotatable bonds is 7. The Kier molecular flexibility index (Phi) is 6.52. The van der Waals surface area contributed by atoms with E-state index in [1.807, 2.05) is 13.8 Å². The molecule has 6 nitrogen and oxygen atoms in total. The lowest BCUT2D eigenvalue weighted by Gasteiger charge is -2.18. The van der Waals surface area contributed by atoms with Crippen LogP contribution in [0.2, 0.25) is 0 Å². The molecule has 116 valence electrons. The van der Waals surface area contributed by atoms with E-state index in [9.17, 15) is 9.59 Å². The van der Waals surface area contributed by atoms with E-state index in [2.05, 4.69) is 5.32 Å². The lowest BCUT2D eigenvalue weighted by molar-refractivity contribution is -0.129. The lowest BCUT2D eigenvalue weighted by atomic mass is 10.2.